The summed E-state index contributed by atoms with van der Waals surface area (Å²) in [5, 5.41) is 11.0. The first kappa shape index (κ1) is 14.3. The molecule has 1 aliphatic carbocycles. The molecule has 0 radical (unpaired) electrons. The summed E-state index contributed by atoms with van der Waals surface area (Å²) >= 11 is 0. The number of aliphatic hydroxyl groups is 1. The zero-order chi connectivity index (χ0) is 13.2. The minimum absolute atomic E-state index is 0.380. The van der Waals surface area contributed by atoms with Crippen LogP contribution in [0.15, 0.2) is 0 Å². The van der Waals surface area contributed by atoms with Crippen LogP contribution in [0.5, 0.6) is 0 Å². The van der Waals surface area contributed by atoms with E-state index in [9.17, 15) is 5.11 Å². The zero-order valence-corrected chi connectivity index (χ0v) is 12.4. The maximum atomic E-state index is 11.0. The zero-order valence-electron chi connectivity index (χ0n) is 12.4. The van der Waals surface area contributed by atoms with Crippen LogP contribution in [0.1, 0.15) is 65.7 Å². The Bertz CT molecular complexity index is 263. The van der Waals surface area contributed by atoms with E-state index in [1.54, 1.807) is 0 Å². The summed E-state index contributed by atoms with van der Waals surface area (Å²) in [5.41, 5.74) is -0.0608. The topological polar surface area (TPSA) is 29.5 Å². The van der Waals surface area contributed by atoms with Crippen LogP contribution in [0.4, 0.5) is 0 Å². The Morgan fingerprint density at radius 3 is 2.44 bits per heavy atom. The van der Waals surface area contributed by atoms with Gasteiger partial charge in [0, 0.05) is 12.5 Å². The smallest absolute Gasteiger partial charge is 0.0697 e. The van der Waals surface area contributed by atoms with Gasteiger partial charge in [0.2, 0.25) is 0 Å². The van der Waals surface area contributed by atoms with E-state index in [1.807, 2.05) is 0 Å². The number of ether oxygens (including phenoxy) is 1. The lowest BCUT2D eigenvalue weighted by Crippen LogP contribution is -2.42. The van der Waals surface area contributed by atoms with E-state index >= 15 is 0 Å². The first-order valence-corrected chi connectivity index (χ1v) is 7.72. The molecule has 1 aliphatic heterocycles. The van der Waals surface area contributed by atoms with E-state index in [4.69, 9.17) is 4.74 Å². The van der Waals surface area contributed by atoms with Gasteiger partial charge in [-0.1, -0.05) is 27.2 Å². The third-order valence-electron chi connectivity index (χ3n) is 5.23. The van der Waals surface area contributed by atoms with Gasteiger partial charge in [-0.15, -0.1) is 0 Å². The van der Waals surface area contributed by atoms with Crippen molar-refractivity contribution in [2.45, 2.75) is 71.3 Å². The first-order chi connectivity index (χ1) is 8.42. The number of hydrogen-bond donors (Lipinski definition) is 1. The summed E-state index contributed by atoms with van der Waals surface area (Å²) in [4.78, 5) is 0. The van der Waals surface area contributed by atoms with Gasteiger partial charge >= 0.3 is 0 Å². The highest BCUT2D eigenvalue weighted by Crippen LogP contribution is 2.43. The fourth-order valence-corrected chi connectivity index (χ4v) is 3.79. The predicted octanol–water partition coefficient (Wildman–Crippen LogP) is 3.77. The Labute approximate surface area is 112 Å². The van der Waals surface area contributed by atoms with Gasteiger partial charge in [0.15, 0.2) is 0 Å². The summed E-state index contributed by atoms with van der Waals surface area (Å²) in [6, 6.07) is 0. The molecule has 2 rings (SSSR count). The Hall–Kier alpha value is -0.0800. The number of hydrogen-bond acceptors (Lipinski definition) is 2. The molecule has 2 nitrogen and oxygen atoms in total. The van der Waals surface area contributed by atoms with Crippen molar-refractivity contribution in [2.24, 2.45) is 17.3 Å². The molecule has 0 aromatic heterocycles. The highest BCUT2D eigenvalue weighted by molar-refractivity contribution is 4.92. The van der Waals surface area contributed by atoms with Gasteiger partial charge in [-0.2, -0.15) is 0 Å². The van der Waals surface area contributed by atoms with E-state index in [-0.39, 0.29) is 0 Å². The third kappa shape index (κ3) is 3.27. The lowest BCUT2D eigenvalue weighted by molar-refractivity contribution is -0.0881. The molecule has 0 aromatic rings. The van der Waals surface area contributed by atoms with E-state index < -0.39 is 5.60 Å². The van der Waals surface area contributed by atoms with Crippen molar-refractivity contribution in [2.75, 3.05) is 13.2 Å². The minimum atomic E-state index is -0.444. The highest BCUT2D eigenvalue weighted by atomic mass is 16.5. The standard InChI is InChI=1S/C16H30O2/c1-15(2,3)13-6-4-9-16(17,10-8-13)14-7-5-11-18-12-14/h13-14,17H,4-12H2,1-3H3. The van der Waals surface area contributed by atoms with Crippen molar-refractivity contribution < 1.29 is 9.84 Å². The fraction of sp³-hybridized carbons (Fsp3) is 1.00. The summed E-state index contributed by atoms with van der Waals surface area (Å²) in [7, 11) is 0. The Kier molecular flexibility index (Phi) is 4.38. The lowest BCUT2D eigenvalue weighted by Gasteiger charge is -2.38. The molecule has 2 heteroatoms. The Morgan fingerprint density at radius 1 is 1.06 bits per heavy atom. The first-order valence-electron chi connectivity index (χ1n) is 7.72. The van der Waals surface area contributed by atoms with E-state index in [1.165, 1.54) is 19.3 Å². The fourth-order valence-electron chi connectivity index (χ4n) is 3.79. The van der Waals surface area contributed by atoms with Crippen molar-refractivity contribution in [3.8, 4) is 0 Å². The van der Waals surface area contributed by atoms with Crippen LogP contribution < -0.4 is 0 Å². The van der Waals surface area contributed by atoms with Crippen molar-refractivity contribution in [3.05, 3.63) is 0 Å². The molecular weight excluding hydrogens is 224 g/mol. The second kappa shape index (κ2) is 5.50. The normalized spacial score (nSPS) is 39.3. The SMILES string of the molecule is CC(C)(C)C1CCCC(O)(C2CCCOC2)CC1. The van der Waals surface area contributed by atoms with Crippen molar-refractivity contribution in [1.29, 1.82) is 0 Å². The second-order valence-corrected chi connectivity index (χ2v) is 7.51. The van der Waals surface area contributed by atoms with Crippen LogP contribution in [-0.2, 0) is 4.74 Å². The maximum absolute atomic E-state index is 11.0. The second-order valence-electron chi connectivity index (χ2n) is 7.51. The van der Waals surface area contributed by atoms with Gasteiger partial charge in [-0.3, -0.25) is 0 Å². The molecule has 0 aromatic carbocycles. The van der Waals surface area contributed by atoms with Crippen LogP contribution in [0.25, 0.3) is 0 Å². The molecular formula is C16H30O2. The molecule has 1 saturated heterocycles. The largest absolute Gasteiger partial charge is 0.390 e. The highest BCUT2D eigenvalue weighted by Gasteiger charge is 2.40. The molecule has 106 valence electrons. The van der Waals surface area contributed by atoms with Gasteiger partial charge in [-0.05, 0) is 49.9 Å². The summed E-state index contributed by atoms with van der Waals surface area (Å²) in [6.07, 6.45) is 7.85. The average molecular weight is 254 g/mol. The maximum Gasteiger partial charge on any atom is 0.0697 e. The molecule has 1 N–H and O–H groups in total. The Morgan fingerprint density at radius 2 is 1.83 bits per heavy atom. The van der Waals surface area contributed by atoms with Gasteiger partial charge < -0.3 is 9.84 Å². The quantitative estimate of drug-likeness (QED) is 0.722. The Balaban J connectivity index is 1.98. The van der Waals surface area contributed by atoms with Gasteiger partial charge in [0.1, 0.15) is 0 Å². The molecule has 2 fully saturated rings. The molecule has 2 aliphatic rings. The van der Waals surface area contributed by atoms with E-state index in [0.717, 1.165) is 44.8 Å². The van der Waals surface area contributed by atoms with Crippen LogP contribution in [0, 0.1) is 17.3 Å². The van der Waals surface area contributed by atoms with Gasteiger partial charge in [-0.25, -0.2) is 0 Å². The van der Waals surface area contributed by atoms with Gasteiger partial charge in [0.25, 0.3) is 0 Å². The molecule has 1 heterocycles. The number of rotatable bonds is 1. The van der Waals surface area contributed by atoms with Crippen molar-refractivity contribution in [3.63, 3.8) is 0 Å². The molecule has 0 spiro atoms. The molecule has 1 saturated carbocycles. The van der Waals surface area contributed by atoms with Crippen LogP contribution >= 0.6 is 0 Å². The lowest BCUT2D eigenvalue weighted by atomic mass is 9.75. The van der Waals surface area contributed by atoms with E-state index in [0.29, 0.717) is 11.3 Å². The predicted molar refractivity (Wildman–Crippen MR) is 74.5 cm³/mol. The summed E-state index contributed by atoms with van der Waals surface area (Å²) in [5.74, 6) is 1.14. The summed E-state index contributed by atoms with van der Waals surface area (Å²) in [6.45, 7) is 8.68. The van der Waals surface area contributed by atoms with Gasteiger partial charge in [0.05, 0.1) is 12.2 Å². The van der Waals surface area contributed by atoms with Crippen LogP contribution in [0.3, 0.4) is 0 Å². The molecule has 0 bridgehead atoms. The van der Waals surface area contributed by atoms with Crippen molar-refractivity contribution >= 4 is 0 Å². The van der Waals surface area contributed by atoms with E-state index in [2.05, 4.69) is 20.8 Å². The minimum Gasteiger partial charge on any atom is -0.390 e. The average Bonchev–Trinajstić information content (AvgIpc) is 2.53. The molecule has 3 unspecified atom stereocenters. The molecule has 0 amide bonds. The third-order valence-corrected chi connectivity index (χ3v) is 5.23. The summed E-state index contributed by atoms with van der Waals surface area (Å²) < 4.78 is 5.58. The monoisotopic (exact) mass is 254 g/mol. The van der Waals surface area contributed by atoms with Crippen molar-refractivity contribution in [1.82, 2.24) is 0 Å². The van der Waals surface area contributed by atoms with Crippen LogP contribution in [0.2, 0.25) is 0 Å². The van der Waals surface area contributed by atoms with Crippen LogP contribution in [-0.4, -0.2) is 23.9 Å². The molecule has 18 heavy (non-hydrogen) atoms. The molecule has 3 atom stereocenters.